The molecule has 0 N–H and O–H groups in total. The third-order valence-corrected chi connectivity index (χ3v) is 2.51. The van der Waals surface area contributed by atoms with E-state index in [1.54, 1.807) is 7.05 Å². The second-order valence-corrected chi connectivity index (χ2v) is 3.76. The van der Waals surface area contributed by atoms with Gasteiger partial charge in [-0.1, -0.05) is 0 Å². The molecule has 1 aromatic heterocycles. The van der Waals surface area contributed by atoms with Gasteiger partial charge in [-0.15, -0.1) is 10.2 Å². The zero-order valence-electron chi connectivity index (χ0n) is 10.2. The van der Waals surface area contributed by atoms with Gasteiger partial charge in [-0.3, -0.25) is 4.99 Å². The van der Waals surface area contributed by atoms with Crippen LogP contribution in [0.2, 0.25) is 0 Å². The van der Waals surface area contributed by atoms with E-state index in [4.69, 9.17) is 0 Å². The summed E-state index contributed by atoms with van der Waals surface area (Å²) in [5, 5.41) is 8.40. The lowest BCUT2D eigenvalue weighted by molar-refractivity contribution is 0.728. The summed E-state index contributed by atoms with van der Waals surface area (Å²) >= 11 is 0. The summed E-state index contributed by atoms with van der Waals surface area (Å²) < 4.78 is 3.83. The summed E-state index contributed by atoms with van der Waals surface area (Å²) in [4.78, 5) is 4.07. The normalized spacial score (nSPS) is 14.1. The highest BCUT2D eigenvalue weighted by molar-refractivity contribution is 6.18. The minimum Gasteiger partial charge on any atom is -0.319 e. The second-order valence-electron chi connectivity index (χ2n) is 3.76. The fourth-order valence-corrected chi connectivity index (χ4v) is 1.49. The van der Waals surface area contributed by atoms with Gasteiger partial charge in [0.05, 0.1) is 11.4 Å². The van der Waals surface area contributed by atoms with Gasteiger partial charge in [0.1, 0.15) is 0 Å². The molecule has 0 spiro atoms. The fourth-order valence-electron chi connectivity index (χ4n) is 1.49. The van der Waals surface area contributed by atoms with Crippen molar-refractivity contribution < 1.29 is 0 Å². The smallest absolute Gasteiger partial charge is 0.229 e. The number of rotatable bonds is 1. The Kier molecular flexibility index (Phi) is 3.18. The predicted molar refractivity (Wildman–Crippen MR) is 69.0 cm³/mol. The first-order chi connectivity index (χ1) is 8.20. The maximum atomic E-state index is 4.21. The molecule has 1 aliphatic rings. The fraction of sp³-hybridized carbons (Fsp3) is 0.250. The minimum absolute atomic E-state index is 0.800. The molecule has 0 aliphatic heterocycles. The van der Waals surface area contributed by atoms with E-state index in [1.165, 1.54) is 0 Å². The van der Waals surface area contributed by atoms with Gasteiger partial charge >= 0.3 is 0 Å². The Bertz CT molecular complexity index is 552. The van der Waals surface area contributed by atoms with Crippen LogP contribution in [0.3, 0.4) is 0 Å². The molecule has 0 aromatic carbocycles. The molecule has 17 heavy (non-hydrogen) atoms. The van der Waals surface area contributed by atoms with Gasteiger partial charge in [-0.05, 0) is 24.3 Å². The van der Waals surface area contributed by atoms with Crippen molar-refractivity contribution >= 4 is 11.4 Å². The van der Waals surface area contributed by atoms with Gasteiger partial charge in [0, 0.05) is 33.5 Å². The van der Waals surface area contributed by atoms with Crippen LogP contribution in [-0.4, -0.2) is 27.6 Å². The summed E-state index contributed by atoms with van der Waals surface area (Å²) in [6.45, 7) is 0. The molecule has 0 saturated heterocycles. The Morgan fingerprint density at radius 2 is 1.35 bits per heavy atom. The van der Waals surface area contributed by atoms with Crippen molar-refractivity contribution in [3.8, 4) is 0 Å². The van der Waals surface area contributed by atoms with Crippen LogP contribution in [0.5, 0.6) is 0 Å². The van der Waals surface area contributed by atoms with Gasteiger partial charge in [0.25, 0.3) is 0 Å². The number of aryl methyl sites for hydroxylation is 2. The van der Waals surface area contributed by atoms with E-state index in [9.17, 15) is 0 Å². The molecule has 5 nitrogen and oxygen atoms in total. The monoisotopic (exact) mass is 229 g/mol. The van der Waals surface area contributed by atoms with Crippen molar-refractivity contribution in [3.63, 3.8) is 0 Å². The Morgan fingerprint density at radius 1 is 0.824 bits per heavy atom. The van der Waals surface area contributed by atoms with Crippen LogP contribution in [0.25, 0.3) is 0 Å². The van der Waals surface area contributed by atoms with Gasteiger partial charge < -0.3 is 9.13 Å². The van der Waals surface area contributed by atoms with Crippen LogP contribution >= 0.6 is 0 Å². The number of imidazole rings is 1. The average Bonchev–Trinajstić information content (AvgIpc) is 2.67. The molecule has 0 atom stereocenters. The first-order valence-corrected chi connectivity index (χ1v) is 5.33. The maximum absolute atomic E-state index is 4.21. The molecule has 1 aromatic rings. The molecule has 1 aliphatic carbocycles. The quantitative estimate of drug-likeness (QED) is 0.505. The Morgan fingerprint density at radius 3 is 1.88 bits per heavy atom. The SMILES string of the molecule is CN=C1C=CC(=NN=c2n(C)ccn2C)C=C1. The Hall–Kier alpha value is -2.17. The first kappa shape index (κ1) is 11.3. The van der Waals surface area contributed by atoms with E-state index in [2.05, 4.69) is 15.2 Å². The molecule has 1 heterocycles. The van der Waals surface area contributed by atoms with Crippen LogP contribution in [-0.2, 0) is 14.1 Å². The van der Waals surface area contributed by atoms with Crippen molar-refractivity contribution in [1.82, 2.24) is 9.13 Å². The van der Waals surface area contributed by atoms with Crippen molar-refractivity contribution in [2.24, 2.45) is 29.3 Å². The number of aromatic nitrogens is 2. The Balaban J connectivity index is 2.30. The van der Waals surface area contributed by atoms with Crippen molar-refractivity contribution in [2.75, 3.05) is 7.05 Å². The van der Waals surface area contributed by atoms with E-state index < -0.39 is 0 Å². The summed E-state index contributed by atoms with van der Waals surface area (Å²) in [6.07, 6.45) is 11.5. The number of aliphatic imine (C=N–C) groups is 1. The van der Waals surface area contributed by atoms with Crippen LogP contribution < -0.4 is 5.62 Å². The van der Waals surface area contributed by atoms with Crippen molar-refractivity contribution in [2.45, 2.75) is 0 Å². The number of hydrogen-bond donors (Lipinski definition) is 0. The second kappa shape index (κ2) is 4.78. The largest absolute Gasteiger partial charge is 0.319 e. The molecule has 0 fully saturated rings. The van der Waals surface area contributed by atoms with E-state index in [0.29, 0.717) is 0 Å². The van der Waals surface area contributed by atoms with Crippen LogP contribution in [0.1, 0.15) is 0 Å². The highest BCUT2D eigenvalue weighted by atomic mass is 15.3. The van der Waals surface area contributed by atoms with Gasteiger partial charge in [-0.2, -0.15) is 0 Å². The van der Waals surface area contributed by atoms with E-state index in [1.807, 2.05) is 59.9 Å². The molecule has 0 unspecified atom stereocenters. The molecular weight excluding hydrogens is 214 g/mol. The van der Waals surface area contributed by atoms with Gasteiger partial charge in [-0.25, -0.2) is 0 Å². The minimum atomic E-state index is 0.800. The lowest BCUT2D eigenvalue weighted by Gasteiger charge is -1.98. The number of nitrogens with zero attached hydrogens (tertiary/aromatic N) is 5. The van der Waals surface area contributed by atoms with Crippen LogP contribution in [0, 0.1) is 0 Å². The van der Waals surface area contributed by atoms with Crippen molar-refractivity contribution in [1.29, 1.82) is 0 Å². The highest BCUT2D eigenvalue weighted by Crippen LogP contribution is 1.97. The highest BCUT2D eigenvalue weighted by Gasteiger charge is 1.97. The Labute approximate surface area is 99.8 Å². The zero-order valence-corrected chi connectivity index (χ0v) is 10.2. The van der Waals surface area contributed by atoms with Crippen LogP contribution in [0.15, 0.2) is 51.9 Å². The molecule has 2 rings (SSSR count). The molecule has 88 valence electrons. The number of allylic oxidation sites excluding steroid dienone is 4. The third-order valence-electron chi connectivity index (χ3n) is 2.51. The lowest BCUT2D eigenvalue weighted by Crippen LogP contribution is -2.21. The standard InChI is InChI=1S/C12H15N5/c1-13-10-4-6-11(7-5-10)14-15-12-16(2)8-9-17(12)3/h4-9H,1-3H3. The van der Waals surface area contributed by atoms with Gasteiger partial charge in [0.2, 0.25) is 5.62 Å². The number of hydrogen-bond acceptors (Lipinski definition) is 3. The summed E-state index contributed by atoms with van der Waals surface area (Å²) in [5.74, 6) is 0. The van der Waals surface area contributed by atoms with Crippen LogP contribution in [0.4, 0.5) is 0 Å². The molecule has 5 heteroatoms. The molecule has 0 radical (unpaired) electrons. The van der Waals surface area contributed by atoms with Crippen molar-refractivity contribution in [3.05, 3.63) is 42.3 Å². The summed E-state index contributed by atoms with van der Waals surface area (Å²) in [6, 6.07) is 0. The zero-order chi connectivity index (χ0) is 12.3. The van der Waals surface area contributed by atoms with E-state index in [-0.39, 0.29) is 0 Å². The van der Waals surface area contributed by atoms with E-state index >= 15 is 0 Å². The van der Waals surface area contributed by atoms with Gasteiger partial charge in [0.15, 0.2) is 0 Å². The lowest BCUT2D eigenvalue weighted by atomic mass is 10.1. The van der Waals surface area contributed by atoms with E-state index in [0.717, 1.165) is 17.0 Å². The topological polar surface area (TPSA) is 46.9 Å². The predicted octanol–water partition coefficient (Wildman–Crippen LogP) is 0.817. The molecular formula is C12H15N5. The maximum Gasteiger partial charge on any atom is 0.229 e. The molecule has 0 bridgehead atoms. The average molecular weight is 229 g/mol. The summed E-state index contributed by atoms with van der Waals surface area (Å²) in [7, 11) is 5.64. The first-order valence-electron chi connectivity index (χ1n) is 5.33. The molecule has 0 saturated carbocycles. The molecule has 0 amide bonds. The third kappa shape index (κ3) is 2.50. The summed E-state index contributed by atoms with van der Waals surface area (Å²) in [5.41, 5.74) is 2.56.